The highest BCUT2D eigenvalue weighted by Crippen LogP contribution is 2.18. The van der Waals surface area contributed by atoms with E-state index in [0.29, 0.717) is 30.4 Å². The lowest BCUT2D eigenvalue weighted by Crippen LogP contribution is -2.17. The van der Waals surface area contributed by atoms with E-state index in [0.717, 1.165) is 11.3 Å². The van der Waals surface area contributed by atoms with E-state index in [9.17, 15) is 4.79 Å². The Bertz CT molecular complexity index is 859. The van der Waals surface area contributed by atoms with Gasteiger partial charge in [0.05, 0.1) is 18.8 Å². The number of carbonyl (C=O) groups excluding carboxylic acids is 1. The van der Waals surface area contributed by atoms with Crippen LogP contribution in [0.5, 0.6) is 5.88 Å². The number of rotatable bonds is 6. The Balaban J connectivity index is 1.82. The SMILES string of the molecule is CCOc1ncccc1C(=O)Nc1cc(C)nn1Cc1ccccc1. The van der Waals surface area contributed by atoms with Crippen LogP contribution in [-0.2, 0) is 6.54 Å². The summed E-state index contributed by atoms with van der Waals surface area (Å²) in [7, 11) is 0. The second-order valence-corrected chi connectivity index (χ2v) is 5.56. The van der Waals surface area contributed by atoms with E-state index < -0.39 is 0 Å². The zero-order valence-corrected chi connectivity index (χ0v) is 14.3. The van der Waals surface area contributed by atoms with Crippen LogP contribution in [0.15, 0.2) is 54.7 Å². The van der Waals surface area contributed by atoms with Crippen molar-refractivity contribution in [3.63, 3.8) is 0 Å². The van der Waals surface area contributed by atoms with Crippen molar-refractivity contribution >= 4 is 11.7 Å². The first kappa shape index (κ1) is 16.7. The molecule has 0 aliphatic carbocycles. The number of nitrogens with one attached hydrogen (secondary N) is 1. The van der Waals surface area contributed by atoms with Gasteiger partial charge in [-0.25, -0.2) is 9.67 Å². The molecule has 0 aliphatic heterocycles. The number of hydrogen-bond donors (Lipinski definition) is 1. The van der Waals surface area contributed by atoms with E-state index in [-0.39, 0.29) is 5.91 Å². The van der Waals surface area contributed by atoms with Gasteiger partial charge >= 0.3 is 0 Å². The smallest absolute Gasteiger partial charge is 0.262 e. The summed E-state index contributed by atoms with van der Waals surface area (Å²) < 4.78 is 7.21. The largest absolute Gasteiger partial charge is 0.477 e. The van der Waals surface area contributed by atoms with E-state index in [1.807, 2.05) is 50.2 Å². The first-order valence-corrected chi connectivity index (χ1v) is 8.15. The lowest BCUT2D eigenvalue weighted by atomic mass is 10.2. The van der Waals surface area contributed by atoms with Crippen molar-refractivity contribution in [3.8, 4) is 5.88 Å². The van der Waals surface area contributed by atoms with Crippen LogP contribution in [0.25, 0.3) is 0 Å². The molecule has 2 aromatic heterocycles. The number of hydrogen-bond acceptors (Lipinski definition) is 4. The van der Waals surface area contributed by atoms with Crippen LogP contribution in [0.3, 0.4) is 0 Å². The van der Waals surface area contributed by atoms with E-state index in [1.54, 1.807) is 23.0 Å². The van der Waals surface area contributed by atoms with Crippen molar-refractivity contribution in [2.24, 2.45) is 0 Å². The van der Waals surface area contributed by atoms with Gasteiger partial charge in [0.15, 0.2) is 0 Å². The molecule has 0 saturated heterocycles. The molecule has 0 unspecified atom stereocenters. The van der Waals surface area contributed by atoms with Crippen molar-refractivity contribution < 1.29 is 9.53 Å². The molecule has 0 saturated carbocycles. The second kappa shape index (κ2) is 7.61. The molecule has 3 aromatic rings. The number of ether oxygens (including phenoxy) is 1. The molecule has 1 N–H and O–H groups in total. The van der Waals surface area contributed by atoms with Crippen LogP contribution in [0, 0.1) is 6.92 Å². The summed E-state index contributed by atoms with van der Waals surface area (Å²) in [6, 6.07) is 15.2. The molecule has 2 heterocycles. The van der Waals surface area contributed by atoms with Gasteiger partial charge in [0, 0.05) is 12.3 Å². The maximum atomic E-state index is 12.7. The molecule has 0 bridgehead atoms. The third kappa shape index (κ3) is 4.03. The summed E-state index contributed by atoms with van der Waals surface area (Å²) >= 11 is 0. The zero-order chi connectivity index (χ0) is 17.6. The predicted molar refractivity (Wildman–Crippen MR) is 95.9 cm³/mol. The van der Waals surface area contributed by atoms with Gasteiger partial charge in [0.1, 0.15) is 11.4 Å². The quantitative estimate of drug-likeness (QED) is 0.750. The number of aromatic nitrogens is 3. The van der Waals surface area contributed by atoms with E-state index >= 15 is 0 Å². The Morgan fingerprint density at radius 1 is 1.20 bits per heavy atom. The molecular formula is C19H20N4O2. The van der Waals surface area contributed by atoms with Gasteiger partial charge in [0.25, 0.3) is 5.91 Å². The maximum Gasteiger partial charge on any atom is 0.262 e. The number of aryl methyl sites for hydroxylation is 1. The van der Waals surface area contributed by atoms with Gasteiger partial charge in [-0.15, -0.1) is 0 Å². The van der Waals surface area contributed by atoms with E-state index in [1.165, 1.54) is 0 Å². The summed E-state index contributed by atoms with van der Waals surface area (Å²) in [6.45, 7) is 4.78. The summed E-state index contributed by atoms with van der Waals surface area (Å²) in [5.74, 6) is 0.691. The van der Waals surface area contributed by atoms with Crippen molar-refractivity contribution in [3.05, 3.63) is 71.5 Å². The molecule has 0 fully saturated rings. The second-order valence-electron chi connectivity index (χ2n) is 5.56. The van der Waals surface area contributed by atoms with Crippen LogP contribution in [-0.4, -0.2) is 27.3 Å². The van der Waals surface area contributed by atoms with Crippen LogP contribution < -0.4 is 10.1 Å². The number of anilines is 1. The minimum Gasteiger partial charge on any atom is -0.477 e. The van der Waals surface area contributed by atoms with Crippen molar-refractivity contribution in [2.45, 2.75) is 20.4 Å². The third-order valence-corrected chi connectivity index (χ3v) is 3.62. The molecule has 0 atom stereocenters. The first-order chi connectivity index (χ1) is 12.2. The fourth-order valence-electron chi connectivity index (χ4n) is 2.52. The predicted octanol–water partition coefficient (Wildman–Crippen LogP) is 3.29. The molecule has 1 aromatic carbocycles. The molecule has 25 heavy (non-hydrogen) atoms. The van der Waals surface area contributed by atoms with Crippen molar-refractivity contribution in [1.29, 1.82) is 0 Å². The molecule has 0 radical (unpaired) electrons. The molecule has 0 aliphatic rings. The normalized spacial score (nSPS) is 10.5. The Labute approximate surface area is 146 Å². The Morgan fingerprint density at radius 3 is 2.76 bits per heavy atom. The number of carbonyl (C=O) groups is 1. The van der Waals surface area contributed by atoms with Crippen molar-refractivity contribution in [2.75, 3.05) is 11.9 Å². The third-order valence-electron chi connectivity index (χ3n) is 3.62. The lowest BCUT2D eigenvalue weighted by Gasteiger charge is -2.11. The highest BCUT2D eigenvalue weighted by atomic mass is 16.5. The summed E-state index contributed by atoms with van der Waals surface area (Å²) in [4.78, 5) is 16.8. The van der Waals surface area contributed by atoms with Crippen LogP contribution in [0.4, 0.5) is 5.82 Å². The summed E-state index contributed by atoms with van der Waals surface area (Å²) in [6.07, 6.45) is 1.60. The van der Waals surface area contributed by atoms with E-state index in [4.69, 9.17) is 4.74 Å². The molecule has 3 rings (SSSR count). The summed E-state index contributed by atoms with van der Waals surface area (Å²) in [5, 5.41) is 7.37. The molecule has 6 heteroatoms. The van der Waals surface area contributed by atoms with Gasteiger partial charge in [-0.3, -0.25) is 4.79 Å². The van der Waals surface area contributed by atoms with Gasteiger partial charge in [-0.1, -0.05) is 30.3 Å². The highest BCUT2D eigenvalue weighted by Gasteiger charge is 2.16. The minimum atomic E-state index is -0.272. The molecule has 0 spiro atoms. The molecular weight excluding hydrogens is 316 g/mol. The number of amides is 1. The average molecular weight is 336 g/mol. The fraction of sp³-hybridized carbons (Fsp3) is 0.211. The average Bonchev–Trinajstić information content (AvgIpc) is 2.95. The fourth-order valence-corrected chi connectivity index (χ4v) is 2.52. The molecule has 6 nitrogen and oxygen atoms in total. The Morgan fingerprint density at radius 2 is 2.00 bits per heavy atom. The van der Waals surface area contributed by atoms with Crippen molar-refractivity contribution in [1.82, 2.24) is 14.8 Å². The summed E-state index contributed by atoms with van der Waals surface area (Å²) in [5.41, 5.74) is 2.34. The number of pyridine rings is 1. The number of nitrogens with zero attached hydrogens (tertiary/aromatic N) is 3. The molecule has 1 amide bonds. The van der Waals surface area contributed by atoms with Gasteiger partial charge in [-0.05, 0) is 31.5 Å². The minimum absolute atomic E-state index is 0.272. The van der Waals surface area contributed by atoms with Crippen LogP contribution in [0.1, 0.15) is 28.5 Å². The standard InChI is InChI=1S/C19H20N4O2/c1-3-25-19-16(10-7-11-20-19)18(24)21-17-12-14(2)22-23(17)13-15-8-5-4-6-9-15/h4-12H,3,13H2,1-2H3,(H,21,24). The van der Waals surface area contributed by atoms with Crippen LogP contribution >= 0.6 is 0 Å². The number of benzene rings is 1. The zero-order valence-electron chi connectivity index (χ0n) is 14.3. The first-order valence-electron chi connectivity index (χ1n) is 8.15. The highest BCUT2D eigenvalue weighted by molar-refractivity contribution is 6.05. The van der Waals surface area contributed by atoms with E-state index in [2.05, 4.69) is 15.4 Å². The maximum absolute atomic E-state index is 12.7. The lowest BCUT2D eigenvalue weighted by molar-refractivity contribution is 0.102. The monoisotopic (exact) mass is 336 g/mol. The Kier molecular flexibility index (Phi) is 5.09. The van der Waals surface area contributed by atoms with Gasteiger partial charge < -0.3 is 10.1 Å². The van der Waals surface area contributed by atoms with Gasteiger partial charge in [0.2, 0.25) is 5.88 Å². The van der Waals surface area contributed by atoms with Crippen LogP contribution in [0.2, 0.25) is 0 Å². The molecule has 128 valence electrons. The Hall–Kier alpha value is -3.15. The topological polar surface area (TPSA) is 69.0 Å². The van der Waals surface area contributed by atoms with Gasteiger partial charge in [-0.2, -0.15) is 5.10 Å².